The minimum Gasteiger partial charge on any atom is -0.493 e. The number of hydrogen-bond donors (Lipinski definition) is 1. The zero-order chi connectivity index (χ0) is 23.8. The molecule has 0 aromatic heterocycles. The number of nitrogens with one attached hydrogen (secondary N) is 1. The van der Waals surface area contributed by atoms with Crippen molar-refractivity contribution < 1.29 is 23.9 Å². The lowest BCUT2D eigenvalue weighted by Gasteiger charge is -2.26. The Morgan fingerprint density at radius 3 is 2.35 bits per heavy atom. The zero-order valence-corrected chi connectivity index (χ0v) is 20.2. The Balaban J connectivity index is 2.86. The van der Waals surface area contributed by atoms with Gasteiger partial charge in [0, 0.05) is 18.0 Å². The largest absolute Gasteiger partial charge is 0.493 e. The summed E-state index contributed by atoms with van der Waals surface area (Å²) in [7, 11) is 1.49. The van der Waals surface area contributed by atoms with Crippen molar-refractivity contribution in [1.82, 2.24) is 5.32 Å². The monoisotopic (exact) mass is 438 g/mol. The van der Waals surface area contributed by atoms with Crippen LogP contribution in [0.5, 0.6) is 11.5 Å². The van der Waals surface area contributed by atoms with Crippen LogP contribution in [0, 0.1) is 10.1 Å². The SMILES string of the molecule is CCCC(C)(C)OC(=O)CCCOc1cc([N+](=O)[O-])c(C(C)NC(C)(C)C)cc1OC. The predicted molar refractivity (Wildman–Crippen MR) is 121 cm³/mol. The quantitative estimate of drug-likeness (QED) is 0.204. The van der Waals surface area contributed by atoms with Crippen molar-refractivity contribution in [3.05, 3.63) is 27.8 Å². The third-order valence-electron chi connectivity index (χ3n) is 4.65. The molecule has 1 rings (SSSR count). The molecule has 1 atom stereocenters. The predicted octanol–water partition coefficient (Wildman–Crippen LogP) is 5.33. The van der Waals surface area contributed by atoms with Crippen LogP contribution in [0.25, 0.3) is 0 Å². The van der Waals surface area contributed by atoms with Crippen molar-refractivity contribution in [3.63, 3.8) is 0 Å². The number of ether oxygens (including phenoxy) is 3. The van der Waals surface area contributed by atoms with Crippen LogP contribution < -0.4 is 14.8 Å². The second-order valence-electron chi connectivity index (χ2n) is 9.37. The second-order valence-corrected chi connectivity index (χ2v) is 9.37. The molecule has 8 nitrogen and oxygen atoms in total. The highest BCUT2D eigenvalue weighted by Crippen LogP contribution is 2.38. The molecule has 1 aromatic carbocycles. The molecule has 8 heteroatoms. The molecule has 0 spiro atoms. The van der Waals surface area contributed by atoms with E-state index < -0.39 is 10.5 Å². The van der Waals surface area contributed by atoms with E-state index in [4.69, 9.17) is 14.2 Å². The fourth-order valence-corrected chi connectivity index (χ4v) is 3.48. The molecule has 0 heterocycles. The van der Waals surface area contributed by atoms with Gasteiger partial charge in [0.15, 0.2) is 11.5 Å². The van der Waals surface area contributed by atoms with Crippen molar-refractivity contribution in [3.8, 4) is 11.5 Å². The molecular formula is C23H38N2O6. The standard InChI is InChI=1S/C23H38N2O6/c1-9-12-23(6,7)31-21(26)11-10-13-30-20-15-18(25(27)28)17(14-19(20)29-8)16(2)24-22(3,4)5/h14-16,24H,9-13H2,1-8H3. The summed E-state index contributed by atoms with van der Waals surface area (Å²) in [5, 5.41) is 15.0. The van der Waals surface area contributed by atoms with E-state index in [0.717, 1.165) is 12.8 Å². The summed E-state index contributed by atoms with van der Waals surface area (Å²) in [6.45, 7) is 13.9. The van der Waals surface area contributed by atoms with Gasteiger partial charge in [-0.15, -0.1) is 0 Å². The minimum atomic E-state index is -0.482. The summed E-state index contributed by atoms with van der Waals surface area (Å²) in [6.07, 6.45) is 2.37. The van der Waals surface area contributed by atoms with E-state index in [1.54, 1.807) is 6.07 Å². The van der Waals surface area contributed by atoms with E-state index in [1.807, 2.05) is 48.5 Å². The van der Waals surface area contributed by atoms with Crippen LogP contribution in [0.15, 0.2) is 12.1 Å². The van der Waals surface area contributed by atoms with Gasteiger partial charge in [-0.2, -0.15) is 0 Å². The third-order valence-corrected chi connectivity index (χ3v) is 4.65. The number of benzene rings is 1. The first-order valence-corrected chi connectivity index (χ1v) is 10.8. The van der Waals surface area contributed by atoms with Crippen LogP contribution in [0.1, 0.15) is 85.8 Å². The Bertz CT molecular complexity index is 755. The van der Waals surface area contributed by atoms with Crippen LogP contribution in [0.3, 0.4) is 0 Å². The topological polar surface area (TPSA) is 99.9 Å². The number of methoxy groups -OCH3 is 1. The molecule has 1 unspecified atom stereocenters. The molecule has 0 bridgehead atoms. The first kappa shape index (κ1) is 26.7. The third kappa shape index (κ3) is 9.12. The zero-order valence-electron chi connectivity index (χ0n) is 20.2. The number of carbonyl (C=O) groups is 1. The Morgan fingerprint density at radius 1 is 1.19 bits per heavy atom. The maximum Gasteiger partial charge on any atom is 0.306 e. The van der Waals surface area contributed by atoms with Gasteiger partial charge < -0.3 is 19.5 Å². The number of esters is 1. The number of hydrogen-bond acceptors (Lipinski definition) is 7. The van der Waals surface area contributed by atoms with E-state index in [1.165, 1.54) is 13.2 Å². The molecule has 0 aliphatic carbocycles. The molecule has 0 radical (unpaired) electrons. The maximum absolute atomic E-state index is 12.0. The van der Waals surface area contributed by atoms with E-state index in [-0.39, 0.29) is 42.0 Å². The van der Waals surface area contributed by atoms with Crippen LogP contribution in [0.2, 0.25) is 0 Å². The molecule has 0 saturated carbocycles. The normalized spacial score (nSPS) is 12.9. The van der Waals surface area contributed by atoms with Gasteiger partial charge in [-0.1, -0.05) is 13.3 Å². The number of nitro groups is 1. The lowest BCUT2D eigenvalue weighted by atomic mass is 10.0. The molecule has 1 N–H and O–H groups in total. The van der Waals surface area contributed by atoms with E-state index in [2.05, 4.69) is 5.32 Å². The highest BCUT2D eigenvalue weighted by molar-refractivity contribution is 5.69. The summed E-state index contributed by atoms with van der Waals surface area (Å²) >= 11 is 0. The van der Waals surface area contributed by atoms with Gasteiger partial charge in [-0.25, -0.2) is 0 Å². The van der Waals surface area contributed by atoms with Crippen LogP contribution in [-0.4, -0.2) is 35.7 Å². The summed E-state index contributed by atoms with van der Waals surface area (Å²) < 4.78 is 16.6. The molecule has 0 saturated heterocycles. The van der Waals surface area contributed by atoms with Crippen LogP contribution >= 0.6 is 0 Å². The minimum absolute atomic E-state index is 0.0409. The second kappa shape index (κ2) is 11.3. The fourth-order valence-electron chi connectivity index (χ4n) is 3.48. The van der Waals surface area contributed by atoms with Crippen molar-refractivity contribution in [2.75, 3.05) is 13.7 Å². The summed E-state index contributed by atoms with van der Waals surface area (Å²) in [5.74, 6) is 0.410. The Morgan fingerprint density at radius 2 is 1.84 bits per heavy atom. The van der Waals surface area contributed by atoms with Gasteiger partial charge in [0.2, 0.25) is 0 Å². The maximum atomic E-state index is 12.0. The van der Waals surface area contributed by atoms with Gasteiger partial charge in [0.05, 0.1) is 30.3 Å². The van der Waals surface area contributed by atoms with Gasteiger partial charge in [0.25, 0.3) is 5.69 Å². The summed E-state index contributed by atoms with van der Waals surface area (Å²) in [4.78, 5) is 23.3. The first-order valence-electron chi connectivity index (χ1n) is 10.8. The number of carbonyl (C=O) groups excluding carboxylic acids is 1. The smallest absolute Gasteiger partial charge is 0.306 e. The molecule has 176 valence electrons. The lowest BCUT2D eigenvalue weighted by Crippen LogP contribution is -2.37. The van der Waals surface area contributed by atoms with Gasteiger partial charge >= 0.3 is 5.97 Å². The first-order chi connectivity index (χ1) is 14.3. The molecule has 0 aliphatic rings. The van der Waals surface area contributed by atoms with Gasteiger partial charge in [-0.3, -0.25) is 14.9 Å². The lowest BCUT2D eigenvalue weighted by molar-refractivity contribution is -0.385. The Kier molecular flexibility index (Phi) is 9.74. The number of nitro benzene ring substituents is 1. The van der Waals surface area contributed by atoms with E-state index >= 15 is 0 Å². The average molecular weight is 439 g/mol. The summed E-state index contributed by atoms with van der Waals surface area (Å²) in [6, 6.07) is 2.76. The Hall–Kier alpha value is -2.35. The van der Waals surface area contributed by atoms with Crippen LogP contribution in [0.4, 0.5) is 5.69 Å². The number of nitrogens with zero attached hydrogens (tertiary/aromatic N) is 1. The molecule has 0 amide bonds. The van der Waals surface area contributed by atoms with E-state index in [0.29, 0.717) is 17.7 Å². The Labute approximate surface area is 185 Å². The molecule has 31 heavy (non-hydrogen) atoms. The van der Waals surface area contributed by atoms with Gasteiger partial charge in [-0.05, 0) is 60.5 Å². The summed E-state index contributed by atoms with van der Waals surface area (Å²) in [5.41, 5.74) is -0.216. The van der Waals surface area contributed by atoms with E-state index in [9.17, 15) is 14.9 Å². The highest BCUT2D eigenvalue weighted by atomic mass is 16.6. The van der Waals surface area contributed by atoms with Crippen molar-refractivity contribution in [2.45, 2.75) is 91.3 Å². The average Bonchev–Trinajstić information content (AvgIpc) is 2.62. The molecule has 1 aromatic rings. The molecule has 0 aliphatic heterocycles. The fraction of sp³-hybridized carbons (Fsp3) is 0.696. The van der Waals surface area contributed by atoms with Gasteiger partial charge in [0.1, 0.15) is 5.60 Å². The molecular weight excluding hydrogens is 400 g/mol. The van der Waals surface area contributed by atoms with Crippen LogP contribution in [-0.2, 0) is 9.53 Å². The highest BCUT2D eigenvalue weighted by Gasteiger charge is 2.26. The van der Waals surface area contributed by atoms with Crippen molar-refractivity contribution in [2.24, 2.45) is 0 Å². The van der Waals surface area contributed by atoms with Crippen molar-refractivity contribution >= 4 is 11.7 Å². The molecule has 0 fully saturated rings. The van der Waals surface area contributed by atoms with Crippen molar-refractivity contribution in [1.29, 1.82) is 0 Å². The number of rotatable bonds is 12.